The van der Waals surface area contributed by atoms with Crippen LogP contribution in [-0.2, 0) is 4.79 Å². The van der Waals surface area contributed by atoms with E-state index < -0.39 is 11.4 Å². The highest BCUT2D eigenvalue weighted by Crippen LogP contribution is 2.50. The van der Waals surface area contributed by atoms with Gasteiger partial charge in [-0.3, -0.25) is 4.79 Å². The van der Waals surface area contributed by atoms with E-state index in [2.05, 4.69) is 13.8 Å². The van der Waals surface area contributed by atoms with Crippen molar-refractivity contribution < 1.29 is 9.90 Å². The maximum atomic E-state index is 11.1. The number of hydrogen-bond acceptors (Lipinski definition) is 1. The van der Waals surface area contributed by atoms with Gasteiger partial charge >= 0.3 is 5.97 Å². The van der Waals surface area contributed by atoms with E-state index in [1.165, 1.54) is 6.42 Å². The Morgan fingerprint density at radius 2 is 1.67 bits per heavy atom. The van der Waals surface area contributed by atoms with Gasteiger partial charge in [-0.05, 0) is 25.2 Å². The maximum Gasteiger partial charge on any atom is 0.309 e. The molecule has 0 spiro atoms. The van der Waals surface area contributed by atoms with Crippen molar-refractivity contribution in [3.63, 3.8) is 0 Å². The monoisotopic (exact) mass is 170 g/mol. The minimum atomic E-state index is -0.632. The lowest BCUT2D eigenvalue weighted by Gasteiger charge is -2.44. The van der Waals surface area contributed by atoms with Crippen molar-refractivity contribution in [2.24, 2.45) is 10.8 Å². The second-order valence-electron chi connectivity index (χ2n) is 4.73. The SMILES string of the molecule is CC1(C)CCCCC1(C)C(=O)O. The van der Waals surface area contributed by atoms with Gasteiger partial charge in [-0.1, -0.05) is 26.7 Å². The van der Waals surface area contributed by atoms with E-state index in [-0.39, 0.29) is 5.41 Å². The smallest absolute Gasteiger partial charge is 0.309 e. The molecule has 0 aliphatic heterocycles. The first-order chi connectivity index (χ1) is 5.40. The molecule has 0 aromatic rings. The molecule has 1 saturated carbocycles. The third-order valence-corrected chi connectivity index (χ3v) is 3.69. The maximum absolute atomic E-state index is 11.1. The van der Waals surface area contributed by atoms with Crippen molar-refractivity contribution in [2.75, 3.05) is 0 Å². The van der Waals surface area contributed by atoms with Crippen molar-refractivity contribution in [2.45, 2.75) is 46.5 Å². The lowest BCUT2D eigenvalue weighted by molar-refractivity contribution is -0.158. The molecule has 2 heteroatoms. The number of rotatable bonds is 1. The largest absolute Gasteiger partial charge is 0.481 e. The van der Waals surface area contributed by atoms with E-state index in [0.29, 0.717) is 0 Å². The number of carboxylic acids is 1. The number of aliphatic carboxylic acids is 1. The molecule has 70 valence electrons. The highest BCUT2D eigenvalue weighted by Gasteiger charge is 2.48. The van der Waals surface area contributed by atoms with Crippen molar-refractivity contribution in [1.29, 1.82) is 0 Å². The molecular formula is C10H18O2. The summed E-state index contributed by atoms with van der Waals surface area (Å²) in [6.07, 6.45) is 4.10. The lowest BCUT2D eigenvalue weighted by atomic mass is 9.59. The first kappa shape index (κ1) is 9.56. The fraction of sp³-hybridized carbons (Fsp3) is 0.900. The average molecular weight is 170 g/mol. The second-order valence-corrected chi connectivity index (χ2v) is 4.73. The Hall–Kier alpha value is -0.530. The molecule has 1 N–H and O–H groups in total. The zero-order valence-electron chi connectivity index (χ0n) is 8.18. The van der Waals surface area contributed by atoms with Gasteiger partial charge in [0.25, 0.3) is 0 Å². The molecule has 1 rings (SSSR count). The molecule has 0 aromatic heterocycles. The summed E-state index contributed by atoms with van der Waals surface area (Å²) >= 11 is 0. The van der Waals surface area contributed by atoms with Gasteiger partial charge in [0.15, 0.2) is 0 Å². The van der Waals surface area contributed by atoms with Crippen LogP contribution in [0.5, 0.6) is 0 Å². The highest BCUT2D eigenvalue weighted by molar-refractivity contribution is 5.75. The zero-order valence-corrected chi connectivity index (χ0v) is 8.18. The molecule has 1 aliphatic carbocycles. The molecule has 0 saturated heterocycles. The van der Waals surface area contributed by atoms with Gasteiger partial charge in [0.1, 0.15) is 0 Å². The van der Waals surface area contributed by atoms with Crippen LogP contribution in [0.3, 0.4) is 0 Å². The molecule has 12 heavy (non-hydrogen) atoms. The van der Waals surface area contributed by atoms with Gasteiger partial charge in [-0.15, -0.1) is 0 Å². The Kier molecular flexibility index (Phi) is 2.19. The molecule has 0 amide bonds. The summed E-state index contributed by atoms with van der Waals surface area (Å²) in [5.74, 6) is -0.632. The van der Waals surface area contributed by atoms with E-state index in [9.17, 15) is 4.79 Å². The average Bonchev–Trinajstić information content (AvgIpc) is 1.95. The zero-order chi connectivity index (χ0) is 9.41. The summed E-state index contributed by atoms with van der Waals surface area (Å²) < 4.78 is 0. The van der Waals surface area contributed by atoms with Crippen LogP contribution in [0.1, 0.15) is 46.5 Å². The van der Waals surface area contributed by atoms with E-state index in [4.69, 9.17) is 5.11 Å². The number of carboxylic acid groups (broad SMARTS) is 1. The molecule has 1 atom stereocenters. The van der Waals surface area contributed by atoms with Crippen molar-refractivity contribution in [1.82, 2.24) is 0 Å². The predicted molar refractivity (Wildman–Crippen MR) is 48.0 cm³/mol. The fourth-order valence-electron chi connectivity index (χ4n) is 2.06. The standard InChI is InChI=1S/C10H18O2/c1-9(2)6-4-5-7-10(9,3)8(11)12/h4-7H2,1-3H3,(H,11,12). The fourth-order valence-corrected chi connectivity index (χ4v) is 2.06. The van der Waals surface area contributed by atoms with Crippen LogP contribution in [0.25, 0.3) is 0 Å². The quantitative estimate of drug-likeness (QED) is 0.657. The Balaban J connectivity index is 2.91. The third-order valence-electron chi connectivity index (χ3n) is 3.69. The molecule has 0 aromatic carbocycles. The van der Waals surface area contributed by atoms with Gasteiger partial charge in [0, 0.05) is 0 Å². The van der Waals surface area contributed by atoms with E-state index in [1.807, 2.05) is 6.92 Å². The molecule has 0 radical (unpaired) electrons. The summed E-state index contributed by atoms with van der Waals surface area (Å²) in [6.45, 7) is 6.02. The normalized spacial score (nSPS) is 34.6. The van der Waals surface area contributed by atoms with E-state index in [1.54, 1.807) is 0 Å². The second kappa shape index (κ2) is 2.75. The van der Waals surface area contributed by atoms with Crippen LogP contribution in [0, 0.1) is 10.8 Å². The third kappa shape index (κ3) is 1.23. The summed E-state index contributed by atoms with van der Waals surface area (Å²) in [5.41, 5.74) is -0.553. The molecular weight excluding hydrogens is 152 g/mol. The molecule has 1 fully saturated rings. The van der Waals surface area contributed by atoms with Crippen LogP contribution >= 0.6 is 0 Å². The highest BCUT2D eigenvalue weighted by atomic mass is 16.4. The molecule has 1 aliphatic rings. The van der Waals surface area contributed by atoms with Crippen molar-refractivity contribution >= 4 is 5.97 Å². The Bertz CT molecular complexity index is 196. The van der Waals surface area contributed by atoms with Crippen LogP contribution in [0.15, 0.2) is 0 Å². The Morgan fingerprint density at radius 1 is 1.17 bits per heavy atom. The minimum Gasteiger partial charge on any atom is -0.481 e. The first-order valence-electron chi connectivity index (χ1n) is 4.63. The topological polar surface area (TPSA) is 37.3 Å². The number of hydrogen-bond donors (Lipinski definition) is 1. The molecule has 0 bridgehead atoms. The summed E-state index contributed by atoms with van der Waals surface area (Å²) in [4.78, 5) is 11.1. The van der Waals surface area contributed by atoms with Crippen LogP contribution in [0.2, 0.25) is 0 Å². The molecule has 2 nitrogen and oxygen atoms in total. The summed E-state index contributed by atoms with van der Waals surface area (Å²) in [7, 11) is 0. The van der Waals surface area contributed by atoms with Crippen LogP contribution in [-0.4, -0.2) is 11.1 Å². The van der Waals surface area contributed by atoms with Gasteiger partial charge in [0.2, 0.25) is 0 Å². The predicted octanol–water partition coefficient (Wildman–Crippen LogP) is 2.68. The Labute approximate surface area is 74.0 Å². The Morgan fingerprint density at radius 3 is 2.00 bits per heavy atom. The van der Waals surface area contributed by atoms with Crippen LogP contribution < -0.4 is 0 Å². The summed E-state index contributed by atoms with van der Waals surface area (Å²) in [5, 5.41) is 9.13. The lowest BCUT2D eigenvalue weighted by Crippen LogP contribution is -2.44. The van der Waals surface area contributed by atoms with Gasteiger partial charge in [-0.25, -0.2) is 0 Å². The summed E-state index contributed by atoms with van der Waals surface area (Å²) in [6, 6.07) is 0. The molecule has 0 heterocycles. The van der Waals surface area contributed by atoms with E-state index >= 15 is 0 Å². The minimum absolute atomic E-state index is 0.0446. The van der Waals surface area contributed by atoms with Crippen molar-refractivity contribution in [3.8, 4) is 0 Å². The first-order valence-corrected chi connectivity index (χ1v) is 4.63. The molecule has 1 unspecified atom stereocenters. The van der Waals surface area contributed by atoms with Gasteiger partial charge in [-0.2, -0.15) is 0 Å². The van der Waals surface area contributed by atoms with Crippen LogP contribution in [0.4, 0.5) is 0 Å². The van der Waals surface area contributed by atoms with Crippen molar-refractivity contribution in [3.05, 3.63) is 0 Å². The van der Waals surface area contributed by atoms with Gasteiger partial charge < -0.3 is 5.11 Å². The number of carbonyl (C=O) groups is 1. The van der Waals surface area contributed by atoms with E-state index in [0.717, 1.165) is 19.3 Å². The van der Waals surface area contributed by atoms with Gasteiger partial charge in [0.05, 0.1) is 5.41 Å².